The van der Waals surface area contributed by atoms with E-state index in [1.165, 1.54) is 5.56 Å². The van der Waals surface area contributed by atoms with E-state index in [2.05, 4.69) is 20.6 Å². The van der Waals surface area contributed by atoms with Crippen molar-refractivity contribution in [1.29, 1.82) is 0 Å². The minimum absolute atomic E-state index is 0. The molecule has 0 amide bonds. The third kappa shape index (κ3) is 6.47. The summed E-state index contributed by atoms with van der Waals surface area (Å²) in [5.41, 5.74) is 2.99. The molecule has 0 aliphatic carbocycles. The van der Waals surface area contributed by atoms with E-state index in [0.29, 0.717) is 37.8 Å². The van der Waals surface area contributed by atoms with Crippen LogP contribution in [0.25, 0.3) is 11.5 Å². The molecule has 1 fully saturated rings. The van der Waals surface area contributed by atoms with Crippen molar-refractivity contribution in [1.82, 2.24) is 15.6 Å². The Kier molecular flexibility index (Phi) is 8.29. The normalized spacial score (nSPS) is 18.5. The molecule has 2 heterocycles. The Morgan fingerprint density at radius 2 is 2.07 bits per heavy atom. The van der Waals surface area contributed by atoms with Gasteiger partial charge in [0.15, 0.2) is 15.8 Å². The van der Waals surface area contributed by atoms with Crippen molar-refractivity contribution in [3.05, 3.63) is 41.8 Å². The van der Waals surface area contributed by atoms with Gasteiger partial charge in [-0.15, -0.1) is 24.0 Å². The van der Waals surface area contributed by atoms with Crippen LogP contribution < -0.4 is 10.6 Å². The molecule has 2 N–H and O–H groups in total. The zero-order valence-corrected chi connectivity index (χ0v) is 19.3. The van der Waals surface area contributed by atoms with Gasteiger partial charge in [0, 0.05) is 31.1 Å². The van der Waals surface area contributed by atoms with E-state index in [1.807, 2.05) is 38.1 Å². The van der Waals surface area contributed by atoms with Crippen molar-refractivity contribution >= 4 is 39.8 Å². The number of hydrogen-bond donors (Lipinski definition) is 2. The number of halogens is 1. The van der Waals surface area contributed by atoms with Crippen molar-refractivity contribution in [2.24, 2.45) is 4.99 Å². The highest BCUT2D eigenvalue weighted by Gasteiger charge is 2.28. The highest BCUT2D eigenvalue weighted by atomic mass is 127. The molecule has 1 aromatic heterocycles. The number of nitrogens with one attached hydrogen (secondary N) is 2. The molecule has 1 atom stereocenters. The molecule has 0 radical (unpaired) electrons. The van der Waals surface area contributed by atoms with Crippen LogP contribution in [-0.2, 0) is 16.3 Å². The highest BCUT2D eigenvalue weighted by Crippen LogP contribution is 2.19. The first-order valence-electron chi connectivity index (χ1n) is 9.22. The Morgan fingerprint density at radius 3 is 2.71 bits per heavy atom. The number of aromatic nitrogens is 1. The largest absolute Gasteiger partial charge is 0.444 e. The van der Waals surface area contributed by atoms with Gasteiger partial charge in [0.25, 0.3) is 0 Å². The fourth-order valence-electron chi connectivity index (χ4n) is 2.95. The smallest absolute Gasteiger partial charge is 0.226 e. The summed E-state index contributed by atoms with van der Waals surface area (Å²) in [5.74, 6) is 1.66. The minimum atomic E-state index is -2.91. The van der Waals surface area contributed by atoms with Gasteiger partial charge in [0.2, 0.25) is 5.89 Å². The molecular weight excluding hydrogens is 491 g/mol. The summed E-state index contributed by atoms with van der Waals surface area (Å²) in [6.45, 7) is 5.27. The predicted octanol–water partition coefficient (Wildman–Crippen LogP) is 2.55. The standard InChI is InChI=1S/C19H26N4O3S.HI/c1-3-20-19(23-17-9-11-27(24,25)13-17)21-10-8-16-12-26-18(22-16)15-6-4-14(2)5-7-15;/h4-7,12,17H,3,8-11,13H2,1-2H3,(H2,20,21,23);1H. The van der Waals surface area contributed by atoms with Crippen LogP contribution in [0.5, 0.6) is 0 Å². The molecule has 28 heavy (non-hydrogen) atoms. The third-order valence-corrected chi connectivity index (χ3v) is 6.17. The Hall–Kier alpha value is -1.62. The van der Waals surface area contributed by atoms with Gasteiger partial charge in [0.1, 0.15) is 6.26 Å². The molecule has 9 heteroatoms. The molecule has 2 aromatic rings. The van der Waals surface area contributed by atoms with E-state index in [0.717, 1.165) is 11.3 Å². The predicted molar refractivity (Wildman–Crippen MR) is 122 cm³/mol. The number of nitrogens with zero attached hydrogens (tertiary/aromatic N) is 2. The van der Waals surface area contributed by atoms with E-state index < -0.39 is 9.84 Å². The summed E-state index contributed by atoms with van der Waals surface area (Å²) in [5, 5.41) is 6.37. The summed E-state index contributed by atoms with van der Waals surface area (Å²) in [6.07, 6.45) is 2.93. The zero-order valence-electron chi connectivity index (χ0n) is 16.1. The number of rotatable bonds is 6. The lowest BCUT2D eigenvalue weighted by molar-refractivity contribution is 0.572. The van der Waals surface area contributed by atoms with Crippen LogP contribution in [0.15, 0.2) is 39.9 Å². The van der Waals surface area contributed by atoms with E-state index in [9.17, 15) is 8.42 Å². The quantitative estimate of drug-likeness (QED) is 0.347. The SMILES string of the molecule is CCNC(=NCCc1coc(-c2ccc(C)cc2)n1)NC1CCS(=O)(=O)C1.I. The van der Waals surface area contributed by atoms with Crippen LogP contribution in [0, 0.1) is 6.92 Å². The maximum Gasteiger partial charge on any atom is 0.226 e. The van der Waals surface area contributed by atoms with Gasteiger partial charge in [-0.2, -0.15) is 0 Å². The first-order valence-corrected chi connectivity index (χ1v) is 11.0. The van der Waals surface area contributed by atoms with Crippen LogP contribution in [-0.4, -0.2) is 50.0 Å². The molecule has 1 aliphatic rings. The van der Waals surface area contributed by atoms with Crippen molar-refractivity contribution in [3.63, 3.8) is 0 Å². The third-order valence-electron chi connectivity index (χ3n) is 4.41. The second-order valence-corrected chi connectivity index (χ2v) is 8.99. The average Bonchev–Trinajstić information content (AvgIpc) is 3.22. The van der Waals surface area contributed by atoms with Gasteiger partial charge in [-0.05, 0) is 32.4 Å². The van der Waals surface area contributed by atoms with Crippen LogP contribution in [0.1, 0.15) is 24.6 Å². The molecule has 7 nitrogen and oxygen atoms in total. The van der Waals surface area contributed by atoms with Crippen molar-refractivity contribution in [3.8, 4) is 11.5 Å². The first kappa shape index (κ1) is 22.7. The lowest BCUT2D eigenvalue weighted by atomic mass is 10.1. The van der Waals surface area contributed by atoms with Gasteiger partial charge < -0.3 is 15.1 Å². The van der Waals surface area contributed by atoms with Crippen molar-refractivity contribution in [2.45, 2.75) is 32.7 Å². The number of aryl methyl sites for hydroxylation is 1. The topological polar surface area (TPSA) is 96.6 Å². The van der Waals surface area contributed by atoms with Crippen molar-refractivity contribution in [2.75, 3.05) is 24.6 Å². The van der Waals surface area contributed by atoms with E-state index >= 15 is 0 Å². The first-order chi connectivity index (χ1) is 12.9. The Bertz CT molecular complexity index is 894. The summed E-state index contributed by atoms with van der Waals surface area (Å²) in [7, 11) is -2.91. The fraction of sp³-hybridized carbons (Fsp3) is 0.474. The summed E-state index contributed by atoms with van der Waals surface area (Å²) >= 11 is 0. The van der Waals surface area contributed by atoms with Gasteiger partial charge in [-0.3, -0.25) is 4.99 Å². The number of aliphatic imine (C=N–C) groups is 1. The van der Waals surface area contributed by atoms with E-state index in [-0.39, 0.29) is 41.5 Å². The van der Waals surface area contributed by atoms with Crippen LogP contribution >= 0.6 is 24.0 Å². The second kappa shape index (κ2) is 10.2. The van der Waals surface area contributed by atoms with Gasteiger partial charge in [0.05, 0.1) is 17.2 Å². The number of benzene rings is 1. The number of oxazole rings is 1. The summed E-state index contributed by atoms with van der Waals surface area (Å²) < 4.78 is 28.8. The van der Waals surface area contributed by atoms with Crippen LogP contribution in [0.2, 0.25) is 0 Å². The Morgan fingerprint density at radius 1 is 1.32 bits per heavy atom. The van der Waals surface area contributed by atoms with Gasteiger partial charge in [-0.25, -0.2) is 13.4 Å². The molecule has 1 aliphatic heterocycles. The van der Waals surface area contributed by atoms with Crippen LogP contribution in [0.4, 0.5) is 0 Å². The second-order valence-electron chi connectivity index (χ2n) is 6.76. The molecule has 0 saturated carbocycles. The van der Waals surface area contributed by atoms with Gasteiger partial charge in [-0.1, -0.05) is 17.7 Å². The monoisotopic (exact) mass is 518 g/mol. The van der Waals surface area contributed by atoms with Gasteiger partial charge >= 0.3 is 0 Å². The van der Waals surface area contributed by atoms with E-state index in [1.54, 1.807) is 6.26 Å². The fourth-order valence-corrected chi connectivity index (χ4v) is 4.63. The van der Waals surface area contributed by atoms with E-state index in [4.69, 9.17) is 4.42 Å². The highest BCUT2D eigenvalue weighted by molar-refractivity contribution is 14.0. The molecule has 0 bridgehead atoms. The molecule has 1 aromatic carbocycles. The lowest BCUT2D eigenvalue weighted by Gasteiger charge is -2.15. The summed E-state index contributed by atoms with van der Waals surface area (Å²) in [4.78, 5) is 9.05. The van der Waals surface area contributed by atoms with Crippen LogP contribution in [0.3, 0.4) is 0 Å². The van der Waals surface area contributed by atoms with Crippen molar-refractivity contribution < 1.29 is 12.8 Å². The number of guanidine groups is 1. The molecule has 3 rings (SSSR count). The molecule has 0 spiro atoms. The Balaban J connectivity index is 0.00000280. The summed E-state index contributed by atoms with van der Waals surface area (Å²) in [6, 6.07) is 7.97. The number of sulfone groups is 1. The molecule has 154 valence electrons. The average molecular weight is 518 g/mol. The minimum Gasteiger partial charge on any atom is -0.444 e. The maximum atomic E-state index is 11.6. The molecule has 1 unspecified atom stereocenters. The molecular formula is C19H27IN4O3S. The maximum absolute atomic E-state index is 11.6. The lowest BCUT2D eigenvalue weighted by Crippen LogP contribution is -2.44. The zero-order chi connectivity index (χ0) is 19.3. The molecule has 1 saturated heterocycles. The Labute approximate surface area is 183 Å². The number of hydrogen-bond acceptors (Lipinski definition) is 5.